The third kappa shape index (κ3) is 2.76. The lowest BCUT2D eigenvalue weighted by molar-refractivity contribution is 0.146. The van der Waals surface area contributed by atoms with Gasteiger partial charge in [0.2, 0.25) is 0 Å². The Balaban J connectivity index is 2.32. The first kappa shape index (κ1) is 14.0. The van der Waals surface area contributed by atoms with Crippen molar-refractivity contribution < 1.29 is 18.7 Å². The van der Waals surface area contributed by atoms with Crippen LogP contribution in [0.15, 0.2) is 36.5 Å². The average Bonchev–Trinajstić information content (AvgIpc) is 2.89. The van der Waals surface area contributed by atoms with Crippen LogP contribution in [0.5, 0.6) is 0 Å². The number of carbonyl (C=O) groups is 1. The van der Waals surface area contributed by atoms with E-state index >= 15 is 0 Å². The van der Waals surface area contributed by atoms with Crippen molar-refractivity contribution >= 4 is 11.8 Å². The van der Waals surface area contributed by atoms with E-state index < -0.39 is 18.6 Å². The molecule has 1 heterocycles. The zero-order valence-corrected chi connectivity index (χ0v) is 10.6. The van der Waals surface area contributed by atoms with Crippen LogP contribution in [0.3, 0.4) is 0 Å². The Kier molecular flexibility index (Phi) is 3.97. The number of amides is 1. The molecule has 2 N–H and O–H groups in total. The van der Waals surface area contributed by atoms with Crippen LogP contribution in [0.1, 0.15) is 30.9 Å². The number of rotatable bonds is 4. The van der Waals surface area contributed by atoms with Crippen molar-refractivity contribution in [1.29, 1.82) is 0 Å². The van der Waals surface area contributed by atoms with Crippen LogP contribution in [0.4, 0.5) is 19.3 Å². The normalized spacial score (nSPS) is 12.4. The topological polar surface area (TPSA) is 69.2 Å². The first-order chi connectivity index (χ1) is 9.50. The van der Waals surface area contributed by atoms with E-state index in [9.17, 15) is 18.7 Å². The van der Waals surface area contributed by atoms with Crippen molar-refractivity contribution in [1.82, 2.24) is 9.97 Å². The maximum absolute atomic E-state index is 12.5. The maximum atomic E-state index is 12.5. The predicted octanol–water partition coefficient (Wildman–Crippen LogP) is 3.59. The van der Waals surface area contributed by atoms with Crippen LogP contribution in [0.25, 0.3) is 0 Å². The number of nitrogens with zero attached hydrogens (tertiary/aromatic N) is 2. The monoisotopic (exact) mass is 281 g/mol. The van der Waals surface area contributed by atoms with Gasteiger partial charge < -0.3 is 10.1 Å². The summed E-state index contributed by atoms with van der Waals surface area (Å²) in [4.78, 5) is 18.7. The molecule has 1 atom stereocenters. The van der Waals surface area contributed by atoms with Gasteiger partial charge in [0.15, 0.2) is 0 Å². The van der Waals surface area contributed by atoms with Crippen LogP contribution >= 0.6 is 0 Å². The molecular formula is C13H13F2N3O2. The zero-order valence-electron chi connectivity index (χ0n) is 10.6. The fourth-order valence-corrected chi connectivity index (χ4v) is 1.89. The van der Waals surface area contributed by atoms with E-state index in [1.807, 2.05) is 0 Å². The van der Waals surface area contributed by atoms with Crippen LogP contribution in [-0.2, 0) is 0 Å². The number of hydrogen-bond acceptors (Lipinski definition) is 2. The molecule has 1 amide bonds. The molecule has 0 aliphatic heterocycles. The van der Waals surface area contributed by atoms with Gasteiger partial charge in [-0.25, -0.2) is 18.6 Å². The van der Waals surface area contributed by atoms with Gasteiger partial charge >= 0.3 is 6.09 Å². The summed E-state index contributed by atoms with van der Waals surface area (Å²) in [6, 6.07) is 7.71. The number of nitrogens with one attached hydrogen (secondary N) is 1. The van der Waals surface area contributed by atoms with Gasteiger partial charge in [-0.1, -0.05) is 18.2 Å². The highest BCUT2D eigenvalue weighted by atomic mass is 19.3. The molecule has 20 heavy (non-hydrogen) atoms. The minimum Gasteiger partial charge on any atom is -0.465 e. The van der Waals surface area contributed by atoms with Gasteiger partial charge in [-0.15, -0.1) is 0 Å². The smallest absolute Gasteiger partial charge is 0.412 e. The molecule has 1 aromatic heterocycles. The number of H-pyrrole nitrogens is 1. The lowest BCUT2D eigenvalue weighted by Crippen LogP contribution is -2.32. The summed E-state index contributed by atoms with van der Waals surface area (Å²) in [6.07, 6.45) is -2.83. The average molecular weight is 281 g/mol. The Hall–Kier alpha value is -2.44. The summed E-state index contributed by atoms with van der Waals surface area (Å²) >= 11 is 0. The third-order valence-corrected chi connectivity index (χ3v) is 2.87. The second kappa shape index (κ2) is 5.68. The lowest BCUT2D eigenvalue weighted by Gasteiger charge is -2.25. The van der Waals surface area contributed by atoms with Crippen LogP contribution < -0.4 is 4.90 Å². The highest BCUT2D eigenvalue weighted by Gasteiger charge is 2.25. The lowest BCUT2D eigenvalue weighted by atomic mass is 10.2. The Bertz CT molecular complexity index is 586. The molecule has 5 nitrogen and oxygen atoms in total. The molecule has 0 aliphatic carbocycles. The molecule has 0 aliphatic rings. The van der Waals surface area contributed by atoms with Gasteiger partial charge in [0, 0.05) is 5.69 Å². The fourth-order valence-electron chi connectivity index (χ4n) is 1.89. The largest absolute Gasteiger partial charge is 0.465 e. The van der Waals surface area contributed by atoms with E-state index in [1.165, 1.54) is 0 Å². The van der Waals surface area contributed by atoms with Crippen molar-refractivity contribution in [2.75, 3.05) is 4.90 Å². The Morgan fingerprint density at radius 2 is 2.00 bits per heavy atom. The molecule has 0 saturated carbocycles. The Morgan fingerprint density at radius 1 is 1.35 bits per heavy atom. The fraction of sp³-hybridized carbons (Fsp3) is 0.231. The third-order valence-electron chi connectivity index (χ3n) is 2.87. The van der Waals surface area contributed by atoms with E-state index in [0.717, 1.165) is 11.1 Å². The van der Waals surface area contributed by atoms with Gasteiger partial charge in [-0.05, 0) is 19.1 Å². The Morgan fingerprint density at radius 3 is 2.50 bits per heavy atom. The zero-order chi connectivity index (χ0) is 14.7. The molecule has 1 aromatic carbocycles. The van der Waals surface area contributed by atoms with E-state index in [-0.39, 0.29) is 11.5 Å². The van der Waals surface area contributed by atoms with Crippen molar-refractivity contribution in [3.05, 3.63) is 48.0 Å². The van der Waals surface area contributed by atoms with E-state index in [4.69, 9.17) is 0 Å². The first-order valence-corrected chi connectivity index (χ1v) is 5.91. The number of aromatic amines is 1. The molecule has 0 fully saturated rings. The molecular weight excluding hydrogens is 268 g/mol. The molecule has 0 radical (unpaired) electrons. The van der Waals surface area contributed by atoms with Crippen LogP contribution in [0, 0.1) is 0 Å². The summed E-state index contributed by atoms with van der Waals surface area (Å²) in [5, 5.41) is 9.31. The molecule has 7 heteroatoms. The number of carboxylic acid groups (broad SMARTS) is 1. The number of alkyl halides is 2. The standard InChI is InChI=1S/C13H13F2N3O2/c1-8(12-16-7-10(17-12)11(14)15)18(13(19)20)9-5-3-2-4-6-9/h2-8,11H,1H3,(H,16,17)(H,19,20). The maximum Gasteiger partial charge on any atom is 0.412 e. The van der Waals surface area contributed by atoms with Gasteiger partial charge in [-0.2, -0.15) is 0 Å². The molecule has 2 aromatic rings. The minimum atomic E-state index is -2.67. The number of benzene rings is 1. The van der Waals surface area contributed by atoms with Crippen molar-refractivity contribution in [3.63, 3.8) is 0 Å². The summed E-state index contributed by atoms with van der Waals surface area (Å²) in [5.41, 5.74) is 0.118. The quantitative estimate of drug-likeness (QED) is 0.899. The van der Waals surface area contributed by atoms with Crippen molar-refractivity contribution in [2.45, 2.75) is 19.4 Å². The van der Waals surface area contributed by atoms with Crippen molar-refractivity contribution in [3.8, 4) is 0 Å². The number of hydrogen-bond donors (Lipinski definition) is 2. The number of imidazole rings is 1. The van der Waals surface area contributed by atoms with Crippen LogP contribution in [-0.4, -0.2) is 21.2 Å². The molecule has 1 unspecified atom stereocenters. The SMILES string of the molecule is CC(c1ncc(C(F)F)[nH]1)N(C(=O)O)c1ccccc1. The number of para-hydroxylation sites is 1. The summed E-state index contributed by atoms with van der Waals surface area (Å²) < 4.78 is 25.1. The highest BCUT2D eigenvalue weighted by molar-refractivity contribution is 5.86. The summed E-state index contributed by atoms with van der Waals surface area (Å²) in [7, 11) is 0. The minimum absolute atomic E-state index is 0.173. The second-order valence-corrected chi connectivity index (χ2v) is 4.19. The first-order valence-electron chi connectivity index (χ1n) is 5.91. The highest BCUT2D eigenvalue weighted by Crippen LogP contribution is 2.26. The summed E-state index contributed by atoms with van der Waals surface area (Å²) in [6.45, 7) is 1.58. The van der Waals surface area contributed by atoms with Crippen LogP contribution in [0.2, 0.25) is 0 Å². The number of halogens is 2. The molecule has 0 spiro atoms. The van der Waals surface area contributed by atoms with Gasteiger partial charge in [0.05, 0.1) is 12.2 Å². The second-order valence-electron chi connectivity index (χ2n) is 4.19. The van der Waals surface area contributed by atoms with E-state index in [2.05, 4.69) is 9.97 Å². The number of aromatic nitrogens is 2. The van der Waals surface area contributed by atoms with Gasteiger partial charge in [0.1, 0.15) is 11.5 Å². The van der Waals surface area contributed by atoms with E-state index in [0.29, 0.717) is 5.69 Å². The Labute approximate surface area is 113 Å². The number of anilines is 1. The predicted molar refractivity (Wildman–Crippen MR) is 68.9 cm³/mol. The van der Waals surface area contributed by atoms with Gasteiger partial charge in [0.25, 0.3) is 6.43 Å². The molecule has 2 rings (SSSR count). The van der Waals surface area contributed by atoms with Crippen molar-refractivity contribution in [2.24, 2.45) is 0 Å². The molecule has 106 valence electrons. The molecule has 0 bridgehead atoms. The molecule has 0 saturated heterocycles. The summed E-state index contributed by atoms with van der Waals surface area (Å²) in [5.74, 6) is 0.173. The van der Waals surface area contributed by atoms with Gasteiger partial charge in [-0.3, -0.25) is 4.90 Å². The van der Waals surface area contributed by atoms with E-state index in [1.54, 1.807) is 37.3 Å².